The molecule has 8 nitrogen and oxygen atoms in total. The Hall–Kier alpha value is -0.320. The highest BCUT2D eigenvalue weighted by atomic mass is 16.6. The fourth-order valence-electron chi connectivity index (χ4n) is 3.26. The lowest BCUT2D eigenvalue weighted by Gasteiger charge is -2.08. The highest BCUT2D eigenvalue weighted by Gasteiger charge is 1.96. The highest BCUT2D eigenvalue weighted by Crippen LogP contribution is 2.03. The summed E-state index contributed by atoms with van der Waals surface area (Å²) in [5, 5.41) is 0. The van der Waals surface area contributed by atoms with Gasteiger partial charge in [-0.3, -0.25) is 0 Å². The Kier molecular flexibility index (Phi) is 34.4. The van der Waals surface area contributed by atoms with Crippen LogP contribution in [-0.4, -0.2) is 106 Å². The summed E-state index contributed by atoms with van der Waals surface area (Å²) >= 11 is 0. The van der Waals surface area contributed by atoms with Crippen molar-refractivity contribution in [2.45, 2.75) is 78.1 Å². The number of unbranched alkanes of at least 4 members (excludes halogenated alkanes) is 8. The van der Waals surface area contributed by atoms with Crippen molar-refractivity contribution in [3.8, 4) is 0 Å². The fourth-order valence-corrected chi connectivity index (χ4v) is 3.26. The lowest BCUT2D eigenvalue weighted by Crippen LogP contribution is -2.15. The molecular formula is C28H58O8. The van der Waals surface area contributed by atoms with Crippen molar-refractivity contribution < 1.29 is 37.9 Å². The number of rotatable bonds is 33. The first-order valence-corrected chi connectivity index (χ1v) is 14.5. The molecule has 0 bridgehead atoms. The maximum Gasteiger partial charge on any atom is 0.0701 e. The van der Waals surface area contributed by atoms with E-state index in [1.54, 1.807) is 0 Å². The molecule has 0 amide bonds. The Morgan fingerprint density at radius 3 is 0.639 bits per heavy atom. The van der Waals surface area contributed by atoms with E-state index < -0.39 is 0 Å². The van der Waals surface area contributed by atoms with Crippen LogP contribution in [0.4, 0.5) is 0 Å². The molecule has 8 heteroatoms. The Morgan fingerprint density at radius 2 is 0.417 bits per heavy atom. The van der Waals surface area contributed by atoms with Gasteiger partial charge in [0.2, 0.25) is 0 Å². The van der Waals surface area contributed by atoms with Gasteiger partial charge < -0.3 is 37.9 Å². The maximum absolute atomic E-state index is 5.55. The third-order valence-corrected chi connectivity index (χ3v) is 5.39. The second-order valence-electron chi connectivity index (χ2n) is 8.73. The average Bonchev–Trinajstić information content (AvgIpc) is 2.89. The zero-order valence-electron chi connectivity index (χ0n) is 23.7. The minimum absolute atomic E-state index is 0.553. The van der Waals surface area contributed by atoms with E-state index in [0.29, 0.717) is 92.5 Å². The van der Waals surface area contributed by atoms with Crippen molar-refractivity contribution in [2.75, 3.05) is 106 Å². The molecule has 36 heavy (non-hydrogen) atoms. The van der Waals surface area contributed by atoms with Crippen molar-refractivity contribution >= 4 is 0 Å². The standard InChI is InChI=1S/C28H58O8/c1-3-5-7-9-11-13-29-15-17-31-19-21-33-23-25-35-27-28-36-26-24-34-22-20-32-18-16-30-14-12-10-8-6-4-2/h3-28H2,1-2H3. The molecule has 0 unspecified atom stereocenters. The van der Waals surface area contributed by atoms with Gasteiger partial charge in [-0.25, -0.2) is 0 Å². The number of hydrogen-bond acceptors (Lipinski definition) is 8. The summed E-state index contributed by atoms with van der Waals surface area (Å²) < 4.78 is 44.0. The predicted molar refractivity (Wildman–Crippen MR) is 144 cm³/mol. The van der Waals surface area contributed by atoms with Gasteiger partial charge in [0.25, 0.3) is 0 Å². The van der Waals surface area contributed by atoms with Crippen LogP contribution in [0.3, 0.4) is 0 Å². The molecule has 0 radical (unpaired) electrons. The van der Waals surface area contributed by atoms with Crippen molar-refractivity contribution in [2.24, 2.45) is 0 Å². The number of ether oxygens (including phenoxy) is 8. The minimum Gasteiger partial charge on any atom is -0.379 e. The summed E-state index contributed by atoms with van der Waals surface area (Å²) in [7, 11) is 0. The molecule has 0 saturated carbocycles. The van der Waals surface area contributed by atoms with E-state index in [2.05, 4.69) is 13.8 Å². The van der Waals surface area contributed by atoms with Gasteiger partial charge in [0.1, 0.15) is 0 Å². The summed E-state index contributed by atoms with van der Waals surface area (Å²) in [4.78, 5) is 0. The summed E-state index contributed by atoms with van der Waals surface area (Å²) in [6, 6.07) is 0. The van der Waals surface area contributed by atoms with Gasteiger partial charge in [-0.2, -0.15) is 0 Å². The molecule has 0 aromatic heterocycles. The van der Waals surface area contributed by atoms with Crippen LogP contribution in [0.1, 0.15) is 78.1 Å². The van der Waals surface area contributed by atoms with E-state index in [1.165, 1.54) is 51.4 Å². The van der Waals surface area contributed by atoms with Gasteiger partial charge in [0.15, 0.2) is 0 Å². The Morgan fingerprint density at radius 1 is 0.222 bits per heavy atom. The molecule has 218 valence electrons. The highest BCUT2D eigenvalue weighted by molar-refractivity contribution is 4.43. The summed E-state index contributed by atoms with van der Waals surface area (Å²) in [6.07, 6.45) is 12.6. The largest absolute Gasteiger partial charge is 0.379 e. The van der Waals surface area contributed by atoms with Crippen LogP contribution in [0.15, 0.2) is 0 Å². The van der Waals surface area contributed by atoms with Gasteiger partial charge >= 0.3 is 0 Å². The molecule has 0 aromatic rings. The molecule has 0 rings (SSSR count). The minimum atomic E-state index is 0.553. The van der Waals surface area contributed by atoms with E-state index in [-0.39, 0.29) is 0 Å². The quantitative estimate of drug-likeness (QED) is 0.111. The second kappa shape index (κ2) is 34.7. The third kappa shape index (κ3) is 33.7. The summed E-state index contributed by atoms with van der Waals surface area (Å²) in [5.74, 6) is 0. The molecule has 0 N–H and O–H groups in total. The lowest BCUT2D eigenvalue weighted by molar-refractivity contribution is -0.0232. The zero-order valence-corrected chi connectivity index (χ0v) is 23.7. The molecule has 0 heterocycles. The van der Waals surface area contributed by atoms with Crippen molar-refractivity contribution in [1.82, 2.24) is 0 Å². The molecule has 0 saturated heterocycles. The Balaban J connectivity index is 3.00. The SMILES string of the molecule is CCCCCCCOCCOCCOCCOCCOCCOCCOCCOCCCCCCC. The lowest BCUT2D eigenvalue weighted by atomic mass is 10.2. The molecule has 0 aromatic carbocycles. The van der Waals surface area contributed by atoms with E-state index in [0.717, 1.165) is 26.1 Å². The average molecular weight is 523 g/mol. The summed E-state index contributed by atoms with van der Waals surface area (Å²) in [5.41, 5.74) is 0. The Bertz CT molecular complexity index is 339. The van der Waals surface area contributed by atoms with Gasteiger partial charge in [-0.15, -0.1) is 0 Å². The molecule has 0 aliphatic heterocycles. The topological polar surface area (TPSA) is 73.8 Å². The molecule has 0 aliphatic rings. The molecular weight excluding hydrogens is 464 g/mol. The van der Waals surface area contributed by atoms with Crippen LogP contribution in [-0.2, 0) is 37.9 Å². The van der Waals surface area contributed by atoms with Crippen molar-refractivity contribution in [1.29, 1.82) is 0 Å². The van der Waals surface area contributed by atoms with Gasteiger partial charge in [-0.05, 0) is 12.8 Å². The smallest absolute Gasteiger partial charge is 0.0701 e. The second-order valence-corrected chi connectivity index (χ2v) is 8.73. The van der Waals surface area contributed by atoms with E-state index in [9.17, 15) is 0 Å². The first kappa shape index (κ1) is 35.7. The van der Waals surface area contributed by atoms with Crippen molar-refractivity contribution in [3.63, 3.8) is 0 Å². The van der Waals surface area contributed by atoms with Crippen LogP contribution in [0, 0.1) is 0 Å². The third-order valence-electron chi connectivity index (χ3n) is 5.39. The zero-order chi connectivity index (χ0) is 26.0. The molecule has 0 spiro atoms. The van der Waals surface area contributed by atoms with Crippen LogP contribution < -0.4 is 0 Å². The fraction of sp³-hybridized carbons (Fsp3) is 1.00. The number of hydrogen-bond donors (Lipinski definition) is 0. The van der Waals surface area contributed by atoms with E-state index in [4.69, 9.17) is 37.9 Å². The van der Waals surface area contributed by atoms with Crippen LogP contribution in [0.25, 0.3) is 0 Å². The Labute approximate surface area is 222 Å². The van der Waals surface area contributed by atoms with Gasteiger partial charge in [-0.1, -0.05) is 65.2 Å². The van der Waals surface area contributed by atoms with Crippen LogP contribution >= 0.6 is 0 Å². The maximum atomic E-state index is 5.55. The van der Waals surface area contributed by atoms with Gasteiger partial charge in [0.05, 0.1) is 92.5 Å². The molecule has 0 aliphatic carbocycles. The van der Waals surface area contributed by atoms with Crippen LogP contribution in [0.2, 0.25) is 0 Å². The summed E-state index contributed by atoms with van der Waals surface area (Å²) in [6.45, 7) is 14.3. The van der Waals surface area contributed by atoms with Crippen molar-refractivity contribution in [3.05, 3.63) is 0 Å². The monoisotopic (exact) mass is 522 g/mol. The normalized spacial score (nSPS) is 11.5. The van der Waals surface area contributed by atoms with Gasteiger partial charge in [0, 0.05) is 13.2 Å². The van der Waals surface area contributed by atoms with Crippen LogP contribution in [0.5, 0.6) is 0 Å². The van der Waals surface area contributed by atoms with E-state index in [1.807, 2.05) is 0 Å². The first-order valence-electron chi connectivity index (χ1n) is 14.5. The predicted octanol–water partition coefficient (Wildman–Crippen LogP) is 5.06. The van der Waals surface area contributed by atoms with E-state index >= 15 is 0 Å². The first-order chi connectivity index (χ1) is 17.9. The molecule has 0 fully saturated rings. The molecule has 0 atom stereocenters.